The molecule has 0 aliphatic carbocycles. The number of methoxy groups -OCH3 is 1. The Kier molecular flexibility index (Phi) is 3.00. The Morgan fingerprint density at radius 2 is 1.68 bits per heavy atom. The van der Waals surface area contributed by atoms with E-state index in [1.165, 1.54) is 16.3 Å². The van der Waals surface area contributed by atoms with Crippen molar-refractivity contribution in [3.8, 4) is 5.75 Å². The van der Waals surface area contributed by atoms with E-state index in [1.807, 2.05) is 41.1 Å². The Hall–Kier alpha value is -2.88. The largest absolute Gasteiger partial charge is 0.497 e. The molecule has 4 heteroatoms. The van der Waals surface area contributed by atoms with Gasteiger partial charge in [0.25, 0.3) is 0 Å². The molecule has 0 aliphatic rings. The number of ether oxygens (including phenoxy) is 1. The van der Waals surface area contributed by atoms with Gasteiger partial charge in [0.1, 0.15) is 11.3 Å². The predicted octanol–water partition coefficient (Wildman–Crippen LogP) is 3.64. The van der Waals surface area contributed by atoms with Crippen LogP contribution in [-0.4, -0.2) is 22.1 Å². The highest BCUT2D eigenvalue weighted by molar-refractivity contribution is 5.94. The minimum Gasteiger partial charge on any atom is -0.497 e. The molecule has 1 heterocycles. The second-order valence-electron chi connectivity index (χ2n) is 5.28. The molecule has 3 aromatic carbocycles. The molecule has 4 nitrogen and oxygen atoms in total. The van der Waals surface area contributed by atoms with Crippen molar-refractivity contribution >= 4 is 21.8 Å². The van der Waals surface area contributed by atoms with E-state index in [1.54, 1.807) is 7.11 Å². The smallest absolute Gasteiger partial charge is 0.118 e. The molecule has 0 spiro atoms. The van der Waals surface area contributed by atoms with E-state index in [9.17, 15) is 0 Å². The van der Waals surface area contributed by atoms with Gasteiger partial charge in [-0.05, 0) is 40.6 Å². The Labute approximate surface area is 127 Å². The van der Waals surface area contributed by atoms with Crippen LogP contribution >= 0.6 is 0 Å². The third-order valence-electron chi connectivity index (χ3n) is 3.87. The molecule has 0 amide bonds. The molecule has 0 aliphatic heterocycles. The first-order valence-corrected chi connectivity index (χ1v) is 7.18. The van der Waals surface area contributed by atoms with Gasteiger partial charge >= 0.3 is 0 Å². The summed E-state index contributed by atoms with van der Waals surface area (Å²) in [5, 5.41) is 11.0. The van der Waals surface area contributed by atoms with E-state index >= 15 is 0 Å². The predicted molar refractivity (Wildman–Crippen MR) is 87.1 cm³/mol. The quantitative estimate of drug-likeness (QED) is 0.578. The maximum Gasteiger partial charge on any atom is 0.118 e. The molecule has 4 aromatic rings. The van der Waals surface area contributed by atoms with Crippen molar-refractivity contribution in [1.82, 2.24) is 15.0 Å². The fourth-order valence-corrected chi connectivity index (χ4v) is 2.67. The molecule has 0 fully saturated rings. The molecule has 0 saturated heterocycles. The number of nitrogens with zero attached hydrogens (tertiary/aromatic N) is 3. The topological polar surface area (TPSA) is 39.9 Å². The highest BCUT2D eigenvalue weighted by Gasteiger charge is 2.07. The second kappa shape index (κ2) is 5.15. The molecule has 0 saturated carbocycles. The Balaban J connectivity index is 1.76. The van der Waals surface area contributed by atoms with Gasteiger partial charge in [0.15, 0.2) is 0 Å². The lowest BCUT2D eigenvalue weighted by Gasteiger charge is -2.05. The van der Waals surface area contributed by atoms with Crippen LogP contribution in [0.2, 0.25) is 0 Å². The molecule has 0 bridgehead atoms. The van der Waals surface area contributed by atoms with Crippen LogP contribution in [0.3, 0.4) is 0 Å². The van der Waals surface area contributed by atoms with Gasteiger partial charge in [-0.2, -0.15) is 0 Å². The van der Waals surface area contributed by atoms with Crippen LogP contribution in [0.5, 0.6) is 5.75 Å². The fraction of sp³-hybridized carbons (Fsp3) is 0.111. The van der Waals surface area contributed by atoms with Crippen molar-refractivity contribution in [3.05, 3.63) is 66.2 Å². The van der Waals surface area contributed by atoms with Gasteiger partial charge in [0, 0.05) is 0 Å². The number of hydrogen-bond donors (Lipinski definition) is 0. The van der Waals surface area contributed by atoms with Gasteiger partial charge in [0.05, 0.1) is 19.2 Å². The summed E-state index contributed by atoms with van der Waals surface area (Å²) >= 11 is 0. The van der Waals surface area contributed by atoms with Gasteiger partial charge < -0.3 is 4.74 Å². The van der Waals surface area contributed by atoms with Crippen molar-refractivity contribution in [2.24, 2.45) is 0 Å². The van der Waals surface area contributed by atoms with Gasteiger partial charge in [-0.15, -0.1) is 5.10 Å². The van der Waals surface area contributed by atoms with Gasteiger partial charge in [-0.25, -0.2) is 4.68 Å². The summed E-state index contributed by atoms with van der Waals surface area (Å²) in [5.74, 6) is 0.859. The summed E-state index contributed by atoms with van der Waals surface area (Å²) < 4.78 is 7.12. The van der Waals surface area contributed by atoms with E-state index in [0.29, 0.717) is 6.54 Å². The lowest BCUT2D eigenvalue weighted by molar-refractivity contribution is 0.414. The minimum absolute atomic E-state index is 0.693. The summed E-state index contributed by atoms with van der Waals surface area (Å²) in [6.45, 7) is 0.693. The van der Waals surface area contributed by atoms with Crippen LogP contribution in [0.25, 0.3) is 21.8 Å². The van der Waals surface area contributed by atoms with Crippen molar-refractivity contribution in [1.29, 1.82) is 0 Å². The Bertz CT molecular complexity index is 942. The molecule has 22 heavy (non-hydrogen) atoms. The molecule has 0 unspecified atom stereocenters. The maximum atomic E-state index is 5.19. The van der Waals surface area contributed by atoms with Gasteiger partial charge in [-0.3, -0.25) is 0 Å². The molecule has 0 atom stereocenters. The number of hydrogen-bond acceptors (Lipinski definition) is 3. The molecule has 1 aromatic heterocycles. The van der Waals surface area contributed by atoms with E-state index in [4.69, 9.17) is 4.74 Å². The zero-order valence-electron chi connectivity index (χ0n) is 12.2. The minimum atomic E-state index is 0.693. The van der Waals surface area contributed by atoms with Crippen LogP contribution in [0.15, 0.2) is 60.7 Å². The third kappa shape index (κ3) is 2.19. The normalized spacial score (nSPS) is 11.1. The SMILES string of the molecule is COc1ccc(Cn2nnc3cc4ccccc4cc32)cc1. The highest BCUT2D eigenvalue weighted by atomic mass is 16.5. The van der Waals surface area contributed by atoms with E-state index in [0.717, 1.165) is 16.8 Å². The molecule has 108 valence electrons. The van der Waals surface area contributed by atoms with Crippen LogP contribution < -0.4 is 4.74 Å². The summed E-state index contributed by atoms with van der Waals surface area (Å²) in [4.78, 5) is 0. The zero-order valence-corrected chi connectivity index (χ0v) is 12.2. The lowest BCUT2D eigenvalue weighted by atomic mass is 10.1. The summed E-state index contributed by atoms with van der Waals surface area (Å²) in [6.07, 6.45) is 0. The molecule has 0 N–H and O–H groups in total. The van der Waals surface area contributed by atoms with Crippen LogP contribution in [-0.2, 0) is 6.54 Å². The summed E-state index contributed by atoms with van der Waals surface area (Å²) in [6, 6.07) is 20.5. The van der Waals surface area contributed by atoms with Crippen molar-refractivity contribution < 1.29 is 4.74 Å². The van der Waals surface area contributed by atoms with Crippen LogP contribution in [0.4, 0.5) is 0 Å². The first kappa shape index (κ1) is 12.8. The molecular formula is C18H15N3O. The molecule has 4 rings (SSSR count). The second-order valence-corrected chi connectivity index (χ2v) is 5.28. The lowest BCUT2D eigenvalue weighted by Crippen LogP contribution is -2.01. The van der Waals surface area contributed by atoms with E-state index in [-0.39, 0.29) is 0 Å². The third-order valence-corrected chi connectivity index (χ3v) is 3.87. The Morgan fingerprint density at radius 1 is 0.955 bits per heavy atom. The fourth-order valence-electron chi connectivity index (χ4n) is 2.67. The summed E-state index contributed by atoms with van der Waals surface area (Å²) in [5.41, 5.74) is 3.14. The average Bonchev–Trinajstić information content (AvgIpc) is 2.95. The number of benzene rings is 3. The van der Waals surface area contributed by atoms with E-state index in [2.05, 4.69) is 34.6 Å². The first-order chi connectivity index (χ1) is 10.8. The van der Waals surface area contributed by atoms with Crippen molar-refractivity contribution in [2.45, 2.75) is 6.54 Å². The first-order valence-electron chi connectivity index (χ1n) is 7.18. The standard InChI is InChI=1S/C18H15N3O/c1-22-16-8-6-13(7-9-16)12-21-18-11-15-5-3-2-4-14(15)10-17(18)19-20-21/h2-11H,12H2,1H3. The van der Waals surface area contributed by atoms with Crippen molar-refractivity contribution in [2.75, 3.05) is 7.11 Å². The molecule has 0 radical (unpaired) electrons. The highest BCUT2D eigenvalue weighted by Crippen LogP contribution is 2.22. The van der Waals surface area contributed by atoms with E-state index < -0.39 is 0 Å². The number of rotatable bonds is 3. The zero-order chi connectivity index (χ0) is 14.9. The maximum absolute atomic E-state index is 5.19. The van der Waals surface area contributed by atoms with Crippen molar-refractivity contribution in [3.63, 3.8) is 0 Å². The number of fused-ring (bicyclic) bond motifs is 2. The summed E-state index contributed by atoms with van der Waals surface area (Å²) in [7, 11) is 1.67. The van der Waals surface area contributed by atoms with Gasteiger partial charge in [0.2, 0.25) is 0 Å². The molecular weight excluding hydrogens is 274 g/mol. The van der Waals surface area contributed by atoms with Crippen LogP contribution in [0, 0.1) is 0 Å². The van der Waals surface area contributed by atoms with Crippen LogP contribution in [0.1, 0.15) is 5.56 Å². The monoisotopic (exact) mass is 289 g/mol. The van der Waals surface area contributed by atoms with Gasteiger partial charge in [-0.1, -0.05) is 41.6 Å². The average molecular weight is 289 g/mol. The Morgan fingerprint density at radius 3 is 2.41 bits per heavy atom. The number of aromatic nitrogens is 3.